The second-order valence-electron chi connectivity index (χ2n) is 6.79. The summed E-state index contributed by atoms with van der Waals surface area (Å²) in [5, 5.41) is 13.0. The van der Waals surface area contributed by atoms with E-state index in [1.54, 1.807) is 7.05 Å². The number of carbonyl (C=O) groups is 3. The predicted molar refractivity (Wildman–Crippen MR) is 92.4 cm³/mol. The number of likely N-dealkylation sites (N-methyl/N-ethyl adjacent to an activating group) is 1. The topological polar surface area (TPSA) is 113 Å². The van der Waals surface area contributed by atoms with Crippen LogP contribution in [-0.2, 0) is 9.59 Å². The van der Waals surface area contributed by atoms with Gasteiger partial charge in [-0.25, -0.2) is 9.18 Å². The lowest BCUT2D eigenvalue weighted by molar-refractivity contribution is -0.384. The molecular formula is C17H19FN4O5. The minimum absolute atomic E-state index is 0.381. The summed E-state index contributed by atoms with van der Waals surface area (Å²) in [6.07, 6.45) is 3.73. The average molecular weight is 378 g/mol. The van der Waals surface area contributed by atoms with Crippen LogP contribution in [0.15, 0.2) is 18.2 Å². The van der Waals surface area contributed by atoms with Gasteiger partial charge in [0.2, 0.25) is 5.91 Å². The zero-order valence-corrected chi connectivity index (χ0v) is 14.7. The lowest BCUT2D eigenvalue weighted by Gasteiger charge is -2.35. The number of amides is 4. The molecule has 2 aliphatic rings. The molecule has 1 N–H and O–H groups in total. The maximum absolute atomic E-state index is 13.8. The number of hydrogen-bond acceptors (Lipinski definition) is 5. The zero-order valence-electron chi connectivity index (χ0n) is 14.7. The largest absolute Gasteiger partial charge is 0.327 e. The van der Waals surface area contributed by atoms with Crippen LogP contribution in [0.3, 0.4) is 0 Å². The second-order valence-corrected chi connectivity index (χ2v) is 6.79. The summed E-state index contributed by atoms with van der Waals surface area (Å²) in [5.74, 6) is -2.09. The van der Waals surface area contributed by atoms with Gasteiger partial charge in [-0.3, -0.25) is 24.6 Å². The van der Waals surface area contributed by atoms with Crippen LogP contribution in [0.5, 0.6) is 0 Å². The number of nitrogens with one attached hydrogen (secondary N) is 1. The first-order chi connectivity index (χ1) is 12.8. The lowest BCUT2D eigenvalue weighted by Crippen LogP contribution is -2.49. The van der Waals surface area contributed by atoms with Gasteiger partial charge in [0.05, 0.1) is 10.6 Å². The van der Waals surface area contributed by atoms with Crippen LogP contribution >= 0.6 is 0 Å². The van der Waals surface area contributed by atoms with Crippen LogP contribution in [0.1, 0.15) is 32.1 Å². The van der Waals surface area contributed by atoms with E-state index in [0.717, 1.165) is 42.4 Å². The number of rotatable bonds is 4. The molecule has 10 heteroatoms. The monoisotopic (exact) mass is 378 g/mol. The molecule has 4 amide bonds. The van der Waals surface area contributed by atoms with E-state index in [1.807, 2.05) is 0 Å². The molecule has 1 saturated carbocycles. The maximum atomic E-state index is 13.8. The van der Waals surface area contributed by atoms with Crippen molar-refractivity contribution < 1.29 is 23.7 Å². The van der Waals surface area contributed by atoms with Crippen molar-refractivity contribution in [1.29, 1.82) is 0 Å². The molecule has 1 spiro atoms. The molecule has 1 saturated heterocycles. The Kier molecular flexibility index (Phi) is 4.81. The standard InChI is InChI=1S/C17H19FN4O5/c1-20-16(25)21(15(24)17(20)7-3-2-4-8-17)10-14(23)19-13-9-11(22(26)27)5-6-12(13)18/h5-6,9H,2-4,7-8,10H2,1H3,(H,19,23). The maximum Gasteiger partial charge on any atom is 0.327 e. The SMILES string of the molecule is CN1C(=O)N(CC(=O)Nc2cc([N+](=O)[O-])ccc2F)C(=O)C12CCCCC2. The molecule has 0 aromatic heterocycles. The number of nitro benzene ring substituents is 1. The summed E-state index contributed by atoms with van der Waals surface area (Å²) in [6.45, 7) is -0.577. The number of urea groups is 1. The number of nitrogens with zero attached hydrogens (tertiary/aromatic N) is 3. The van der Waals surface area contributed by atoms with Crippen LogP contribution in [0.25, 0.3) is 0 Å². The minimum atomic E-state index is -0.910. The number of nitro groups is 1. The quantitative estimate of drug-likeness (QED) is 0.491. The highest BCUT2D eigenvalue weighted by Gasteiger charge is 2.55. The van der Waals surface area contributed by atoms with Crippen molar-refractivity contribution >= 4 is 29.2 Å². The number of hydrogen-bond donors (Lipinski definition) is 1. The first-order valence-electron chi connectivity index (χ1n) is 8.60. The van der Waals surface area contributed by atoms with E-state index in [0.29, 0.717) is 12.8 Å². The molecule has 1 aliphatic carbocycles. The number of anilines is 1. The second kappa shape index (κ2) is 6.93. The molecule has 0 bridgehead atoms. The van der Waals surface area contributed by atoms with Gasteiger partial charge in [0.1, 0.15) is 17.9 Å². The van der Waals surface area contributed by atoms with Crippen molar-refractivity contribution in [2.24, 2.45) is 0 Å². The van der Waals surface area contributed by atoms with E-state index in [9.17, 15) is 28.9 Å². The molecule has 1 aromatic rings. The van der Waals surface area contributed by atoms with Crippen LogP contribution in [0.4, 0.5) is 20.6 Å². The van der Waals surface area contributed by atoms with Gasteiger partial charge in [-0.2, -0.15) is 0 Å². The van der Waals surface area contributed by atoms with Crippen LogP contribution in [-0.4, -0.2) is 51.7 Å². The van der Waals surface area contributed by atoms with E-state index in [2.05, 4.69) is 5.32 Å². The van der Waals surface area contributed by atoms with Gasteiger partial charge in [0.15, 0.2) is 0 Å². The van der Waals surface area contributed by atoms with E-state index < -0.39 is 40.7 Å². The van der Waals surface area contributed by atoms with E-state index in [1.165, 1.54) is 4.90 Å². The lowest BCUT2D eigenvalue weighted by atomic mass is 9.81. The fraction of sp³-hybridized carbons (Fsp3) is 0.471. The Balaban J connectivity index is 1.75. The zero-order chi connectivity index (χ0) is 19.8. The van der Waals surface area contributed by atoms with Crippen molar-refractivity contribution in [2.45, 2.75) is 37.6 Å². The Labute approximate surface area is 154 Å². The number of imide groups is 1. The summed E-state index contributed by atoms with van der Waals surface area (Å²) < 4.78 is 13.8. The van der Waals surface area contributed by atoms with E-state index in [-0.39, 0.29) is 11.4 Å². The van der Waals surface area contributed by atoms with Gasteiger partial charge in [0, 0.05) is 19.2 Å². The summed E-state index contributed by atoms with van der Waals surface area (Å²) in [5.41, 5.74) is -1.68. The highest BCUT2D eigenvalue weighted by molar-refractivity contribution is 6.10. The smallest absolute Gasteiger partial charge is 0.322 e. The van der Waals surface area contributed by atoms with Gasteiger partial charge in [0.25, 0.3) is 11.6 Å². The molecule has 1 aliphatic heterocycles. The van der Waals surface area contributed by atoms with Crippen molar-refractivity contribution in [3.05, 3.63) is 34.1 Å². The third-order valence-electron chi connectivity index (χ3n) is 5.22. The Bertz CT molecular complexity index is 822. The van der Waals surface area contributed by atoms with Crippen molar-refractivity contribution in [3.8, 4) is 0 Å². The Hall–Kier alpha value is -3.04. The molecular weight excluding hydrogens is 359 g/mol. The highest BCUT2D eigenvalue weighted by Crippen LogP contribution is 2.39. The van der Waals surface area contributed by atoms with Gasteiger partial charge >= 0.3 is 6.03 Å². The molecule has 1 heterocycles. The van der Waals surface area contributed by atoms with Crippen LogP contribution < -0.4 is 5.32 Å². The molecule has 3 rings (SSSR count). The number of benzene rings is 1. The fourth-order valence-electron chi connectivity index (χ4n) is 3.73. The first-order valence-corrected chi connectivity index (χ1v) is 8.60. The Morgan fingerprint density at radius 2 is 1.96 bits per heavy atom. The van der Waals surface area contributed by atoms with Crippen molar-refractivity contribution in [1.82, 2.24) is 9.80 Å². The molecule has 2 fully saturated rings. The van der Waals surface area contributed by atoms with E-state index >= 15 is 0 Å². The minimum Gasteiger partial charge on any atom is -0.322 e. The molecule has 0 atom stereocenters. The molecule has 0 unspecified atom stereocenters. The normalized spacial score (nSPS) is 18.9. The summed E-state index contributed by atoms with van der Waals surface area (Å²) >= 11 is 0. The Morgan fingerprint density at radius 1 is 1.30 bits per heavy atom. The summed E-state index contributed by atoms with van der Waals surface area (Å²) in [4.78, 5) is 49.9. The summed E-state index contributed by atoms with van der Waals surface area (Å²) in [7, 11) is 1.55. The first kappa shape index (κ1) is 18.7. The van der Waals surface area contributed by atoms with Crippen molar-refractivity contribution in [3.63, 3.8) is 0 Å². The fourth-order valence-corrected chi connectivity index (χ4v) is 3.73. The highest BCUT2D eigenvalue weighted by atomic mass is 19.1. The third-order valence-corrected chi connectivity index (χ3v) is 5.22. The molecule has 9 nitrogen and oxygen atoms in total. The van der Waals surface area contributed by atoms with Gasteiger partial charge in [-0.05, 0) is 18.9 Å². The van der Waals surface area contributed by atoms with Gasteiger partial charge < -0.3 is 10.2 Å². The average Bonchev–Trinajstić information content (AvgIpc) is 2.80. The molecule has 27 heavy (non-hydrogen) atoms. The van der Waals surface area contributed by atoms with Crippen LogP contribution in [0, 0.1) is 15.9 Å². The predicted octanol–water partition coefficient (Wildman–Crippen LogP) is 2.27. The van der Waals surface area contributed by atoms with Crippen LogP contribution in [0.2, 0.25) is 0 Å². The molecule has 144 valence electrons. The van der Waals surface area contributed by atoms with E-state index in [4.69, 9.17) is 0 Å². The van der Waals surface area contributed by atoms with Gasteiger partial charge in [-0.15, -0.1) is 0 Å². The summed E-state index contributed by atoms with van der Waals surface area (Å²) in [6, 6.07) is 2.15. The number of non-ortho nitro benzene ring substituents is 1. The third kappa shape index (κ3) is 3.22. The Morgan fingerprint density at radius 3 is 2.59 bits per heavy atom. The number of carbonyl (C=O) groups excluding carboxylic acids is 3. The van der Waals surface area contributed by atoms with Gasteiger partial charge in [-0.1, -0.05) is 19.3 Å². The van der Waals surface area contributed by atoms with Crippen molar-refractivity contribution in [2.75, 3.05) is 18.9 Å². The molecule has 0 radical (unpaired) electrons. The molecule has 1 aromatic carbocycles. The number of halogens is 1.